The molecule has 2 rings (SSSR count). The lowest BCUT2D eigenvalue weighted by molar-refractivity contribution is -0.145. The van der Waals surface area contributed by atoms with E-state index in [1.54, 1.807) is 0 Å². The van der Waals surface area contributed by atoms with Gasteiger partial charge in [-0.1, -0.05) is 13.8 Å². The zero-order chi connectivity index (χ0) is 12.5. The minimum atomic E-state index is -0.654. The molecule has 0 unspecified atom stereocenters. The summed E-state index contributed by atoms with van der Waals surface area (Å²) in [6.45, 7) is 6.16. The summed E-state index contributed by atoms with van der Waals surface area (Å²) in [7, 11) is 0. The van der Waals surface area contributed by atoms with Gasteiger partial charge in [0.15, 0.2) is 0 Å². The molecule has 2 fully saturated rings. The lowest BCUT2D eigenvalue weighted by Crippen LogP contribution is -2.51. The van der Waals surface area contributed by atoms with Crippen molar-refractivity contribution in [2.24, 2.45) is 17.3 Å². The third-order valence-electron chi connectivity index (χ3n) is 4.52. The van der Waals surface area contributed by atoms with Crippen molar-refractivity contribution < 1.29 is 4.79 Å². The molecule has 0 bridgehead atoms. The maximum absolute atomic E-state index is 12.4. The van der Waals surface area contributed by atoms with Gasteiger partial charge in [0.05, 0.1) is 6.07 Å². The molecule has 0 aromatic heterocycles. The zero-order valence-electron chi connectivity index (χ0n) is 10.9. The van der Waals surface area contributed by atoms with Gasteiger partial charge in [0, 0.05) is 13.1 Å². The Kier molecular flexibility index (Phi) is 3.42. The summed E-state index contributed by atoms with van der Waals surface area (Å²) in [5.41, 5.74) is -0.654. The van der Waals surface area contributed by atoms with Crippen molar-refractivity contribution >= 4 is 5.91 Å². The Morgan fingerprint density at radius 1 is 1.41 bits per heavy atom. The van der Waals surface area contributed by atoms with Gasteiger partial charge >= 0.3 is 0 Å². The highest BCUT2D eigenvalue weighted by molar-refractivity contribution is 5.86. The van der Waals surface area contributed by atoms with Crippen LogP contribution in [0.25, 0.3) is 0 Å². The number of likely N-dealkylation sites (tertiary alicyclic amines) is 1. The highest BCUT2D eigenvalue weighted by Gasteiger charge is 2.47. The second-order valence-electron chi connectivity index (χ2n) is 5.94. The maximum Gasteiger partial charge on any atom is 0.243 e. The molecule has 1 aliphatic carbocycles. The highest BCUT2D eigenvalue weighted by atomic mass is 16.2. The van der Waals surface area contributed by atoms with E-state index < -0.39 is 5.41 Å². The van der Waals surface area contributed by atoms with Gasteiger partial charge in [0.25, 0.3) is 0 Å². The van der Waals surface area contributed by atoms with E-state index in [-0.39, 0.29) is 5.91 Å². The van der Waals surface area contributed by atoms with E-state index in [0.717, 1.165) is 38.8 Å². The molecule has 0 radical (unpaired) electrons. The minimum absolute atomic E-state index is 0.108. The van der Waals surface area contributed by atoms with Crippen LogP contribution in [0.15, 0.2) is 0 Å². The van der Waals surface area contributed by atoms with E-state index in [2.05, 4.69) is 19.9 Å². The summed E-state index contributed by atoms with van der Waals surface area (Å²) in [5.74, 6) is 1.35. The summed E-state index contributed by atoms with van der Waals surface area (Å²) in [6.07, 6.45) is 4.88. The van der Waals surface area contributed by atoms with Gasteiger partial charge in [-0.25, -0.2) is 0 Å². The van der Waals surface area contributed by atoms with E-state index in [1.807, 2.05) is 4.90 Å². The number of piperidine rings is 1. The average molecular weight is 234 g/mol. The van der Waals surface area contributed by atoms with E-state index in [0.29, 0.717) is 11.8 Å². The molecule has 0 aromatic carbocycles. The molecule has 1 atom stereocenters. The Bertz CT molecular complexity index is 339. The van der Waals surface area contributed by atoms with Gasteiger partial charge in [0.2, 0.25) is 5.91 Å². The van der Waals surface area contributed by atoms with Gasteiger partial charge in [-0.3, -0.25) is 4.79 Å². The molecule has 17 heavy (non-hydrogen) atoms. The van der Waals surface area contributed by atoms with E-state index in [9.17, 15) is 10.1 Å². The van der Waals surface area contributed by atoms with Crippen LogP contribution in [0.4, 0.5) is 0 Å². The average Bonchev–Trinajstić information content (AvgIpc) is 2.28. The van der Waals surface area contributed by atoms with Crippen LogP contribution in [0.2, 0.25) is 0 Å². The van der Waals surface area contributed by atoms with Crippen molar-refractivity contribution in [3.63, 3.8) is 0 Å². The Balaban J connectivity index is 2.02. The SMILES string of the molecule is CC(C)[C@@H]1CCCN(C(=O)C2(C#N)CCC2)C1. The van der Waals surface area contributed by atoms with Crippen molar-refractivity contribution in [1.82, 2.24) is 4.90 Å². The van der Waals surface area contributed by atoms with Crippen LogP contribution >= 0.6 is 0 Å². The van der Waals surface area contributed by atoms with Gasteiger partial charge < -0.3 is 4.90 Å². The van der Waals surface area contributed by atoms with E-state index in [1.165, 1.54) is 6.42 Å². The summed E-state index contributed by atoms with van der Waals surface area (Å²) in [6, 6.07) is 2.26. The monoisotopic (exact) mass is 234 g/mol. The normalized spacial score (nSPS) is 27.4. The van der Waals surface area contributed by atoms with Crippen molar-refractivity contribution in [3.05, 3.63) is 0 Å². The smallest absolute Gasteiger partial charge is 0.243 e. The van der Waals surface area contributed by atoms with Crippen LogP contribution in [0.3, 0.4) is 0 Å². The lowest BCUT2D eigenvalue weighted by atomic mass is 9.68. The predicted octanol–water partition coefficient (Wildman–Crippen LogP) is 2.57. The van der Waals surface area contributed by atoms with Crippen LogP contribution in [-0.2, 0) is 4.79 Å². The fraction of sp³-hybridized carbons (Fsp3) is 0.857. The number of rotatable bonds is 2. The van der Waals surface area contributed by atoms with Gasteiger partial charge in [-0.05, 0) is 43.9 Å². The Morgan fingerprint density at radius 3 is 2.59 bits per heavy atom. The first kappa shape index (κ1) is 12.4. The second-order valence-corrected chi connectivity index (χ2v) is 5.94. The molecule has 2 aliphatic rings. The lowest BCUT2D eigenvalue weighted by Gasteiger charge is -2.42. The quantitative estimate of drug-likeness (QED) is 0.737. The molecule has 94 valence electrons. The molecule has 0 N–H and O–H groups in total. The summed E-state index contributed by atoms with van der Waals surface area (Å²) < 4.78 is 0. The summed E-state index contributed by atoms with van der Waals surface area (Å²) in [5, 5.41) is 9.22. The van der Waals surface area contributed by atoms with E-state index >= 15 is 0 Å². The molecule has 3 nitrogen and oxygen atoms in total. The largest absolute Gasteiger partial charge is 0.341 e. The van der Waals surface area contributed by atoms with Gasteiger partial charge in [0.1, 0.15) is 5.41 Å². The topological polar surface area (TPSA) is 44.1 Å². The Morgan fingerprint density at radius 2 is 2.12 bits per heavy atom. The number of carbonyl (C=O) groups excluding carboxylic acids is 1. The van der Waals surface area contributed by atoms with E-state index in [4.69, 9.17) is 0 Å². The van der Waals surface area contributed by atoms with Gasteiger partial charge in [-0.15, -0.1) is 0 Å². The van der Waals surface area contributed by atoms with Gasteiger partial charge in [-0.2, -0.15) is 5.26 Å². The maximum atomic E-state index is 12.4. The molecule has 0 spiro atoms. The molecule has 1 saturated heterocycles. The first-order valence-corrected chi connectivity index (χ1v) is 6.80. The molecular formula is C14H22N2O. The molecule has 1 amide bonds. The number of carbonyl (C=O) groups is 1. The van der Waals surface area contributed by atoms with Crippen molar-refractivity contribution in [2.45, 2.75) is 46.0 Å². The van der Waals surface area contributed by atoms with Crippen molar-refractivity contribution in [3.8, 4) is 6.07 Å². The van der Waals surface area contributed by atoms with Crippen LogP contribution < -0.4 is 0 Å². The Hall–Kier alpha value is -1.04. The fourth-order valence-corrected chi connectivity index (χ4v) is 2.95. The standard InChI is InChI=1S/C14H22N2O/c1-11(2)12-5-3-8-16(9-12)13(17)14(10-15)6-4-7-14/h11-12H,3-9H2,1-2H3/t12-/m1/s1. The molecule has 0 aromatic rings. The minimum Gasteiger partial charge on any atom is -0.341 e. The molecule has 3 heteroatoms. The first-order valence-electron chi connectivity index (χ1n) is 6.80. The Labute approximate surface area is 104 Å². The fourth-order valence-electron chi connectivity index (χ4n) is 2.95. The second kappa shape index (κ2) is 4.68. The zero-order valence-corrected chi connectivity index (χ0v) is 10.9. The summed E-state index contributed by atoms with van der Waals surface area (Å²) in [4.78, 5) is 14.4. The van der Waals surface area contributed by atoms with Crippen LogP contribution in [0.1, 0.15) is 46.0 Å². The first-order chi connectivity index (χ1) is 8.09. The van der Waals surface area contributed by atoms with Crippen molar-refractivity contribution in [1.29, 1.82) is 5.26 Å². The number of nitrogens with zero attached hydrogens (tertiary/aromatic N) is 2. The highest BCUT2D eigenvalue weighted by Crippen LogP contribution is 2.42. The molecule has 1 aliphatic heterocycles. The summed E-state index contributed by atoms with van der Waals surface area (Å²) >= 11 is 0. The molecular weight excluding hydrogens is 212 g/mol. The van der Waals surface area contributed by atoms with Crippen LogP contribution in [-0.4, -0.2) is 23.9 Å². The molecule has 1 heterocycles. The number of nitriles is 1. The number of hydrogen-bond donors (Lipinski definition) is 0. The van der Waals surface area contributed by atoms with Crippen LogP contribution in [0.5, 0.6) is 0 Å². The third kappa shape index (κ3) is 2.18. The predicted molar refractivity (Wildman–Crippen MR) is 66.0 cm³/mol. The number of hydrogen-bond acceptors (Lipinski definition) is 2. The number of amides is 1. The molecule has 1 saturated carbocycles. The van der Waals surface area contributed by atoms with Crippen molar-refractivity contribution in [2.75, 3.05) is 13.1 Å². The third-order valence-corrected chi connectivity index (χ3v) is 4.52. The van der Waals surface area contributed by atoms with Crippen LogP contribution in [0, 0.1) is 28.6 Å².